The van der Waals surface area contributed by atoms with Crippen molar-refractivity contribution < 1.29 is 0 Å². The molecule has 1 aromatic carbocycles. The Labute approximate surface area is 111 Å². The minimum absolute atomic E-state index is 0.536. The third-order valence-electron chi connectivity index (χ3n) is 2.69. The van der Waals surface area contributed by atoms with Crippen LogP contribution >= 0.6 is 11.6 Å². The van der Waals surface area contributed by atoms with E-state index in [1.54, 1.807) is 12.4 Å². The van der Waals surface area contributed by atoms with E-state index in [1.807, 2.05) is 29.2 Å². The van der Waals surface area contributed by atoms with E-state index in [4.69, 9.17) is 17.3 Å². The molecule has 0 aliphatic heterocycles. The largest absolute Gasteiger partial charge is 0.398 e. The number of halogens is 1. The molecule has 0 spiro atoms. The first kappa shape index (κ1) is 12.6. The summed E-state index contributed by atoms with van der Waals surface area (Å²) in [4.78, 5) is 10.5. The summed E-state index contributed by atoms with van der Waals surface area (Å²) in [5.74, 6) is 0.658. The Hall–Kier alpha value is -1.81. The number of benzene rings is 1. The lowest BCUT2D eigenvalue weighted by Gasteiger charge is -2.21. The molecule has 2 aromatic rings. The van der Waals surface area contributed by atoms with E-state index < -0.39 is 0 Å². The van der Waals surface area contributed by atoms with Gasteiger partial charge in [-0.1, -0.05) is 29.8 Å². The van der Waals surface area contributed by atoms with Gasteiger partial charge in [-0.2, -0.15) is 0 Å². The van der Waals surface area contributed by atoms with Gasteiger partial charge in [0.05, 0.1) is 17.4 Å². The maximum Gasteiger partial charge on any atom is 0.225 e. The van der Waals surface area contributed by atoms with Crippen molar-refractivity contribution >= 4 is 23.2 Å². The molecular formula is C13H15ClN4. The zero-order chi connectivity index (χ0) is 13.0. The Morgan fingerprint density at radius 3 is 2.50 bits per heavy atom. The third-order valence-corrected chi connectivity index (χ3v) is 2.88. The van der Waals surface area contributed by atoms with Crippen LogP contribution in [0.3, 0.4) is 0 Å². The molecule has 0 fully saturated rings. The van der Waals surface area contributed by atoms with Gasteiger partial charge in [0, 0.05) is 18.8 Å². The quantitative estimate of drug-likeness (QED) is 0.861. The van der Waals surface area contributed by atoms with Crippen LogP contribution in [0.5, 0.6) is 0 Å². The highest BCUT2D eigenvalue weighted by Gasteiger charge is 2.09. The molecule has 0 saturated carbocycles. The normalized spacial score (nSPS) is 10.3. The number of para-hydroxylation sites is 1. The van der Waals surface area contributed by atoms with Gasteiger partial charge in [-0.15, -0.1) is 0 Å². The fraction of sp³-hybridized carbons (Fsp3) is 0.231. The van der Waals surface area contributed by atoms with Crippen molar-refractivity contribution in [1.82, 2.24) is 9.97 Å². The van der Waals surface area contributed by atoms with Gasteiger partial charge in [0.15, 0.2) is 0 Å². The van der Waals surface area contributed by atoms with E-state index in [1.165, 1.54) is 0 Å². The molecule has 1 aromatic heterocycles. The molecule has 0 saturated heterocycles. The molecule has 0 amide bonds. The van der Waals surface area contributed by atoms with Crippen molar-refractivity contribution in [2.45, 2.75) is 13.5 Å². The zero-order valence-electron chi connectivity index (χ0n) is 10.2. The molecule has 0 aliphatic carbocycles. The van der Waals surface area contributed by atoms with Crippen molar-refractivity contribution in [2.24, 2.45) is 0 Å². The first-order valence-electron chi connectivity index (χ1n) is 5.76. The maximum atomic E-state index is 5.94. The molecule has 0 atom stereocenters. The lowest BCUT2D eigenvalue weighted by atomic mass is 10.2. The molecule has 1 heterocycles. The van der Waals surface area contributed by atoms with Gasteiger partial charge in [0.1, 0.15) is 0 Å². The van der Waals surface area contributed by atoms with Gasteiger partial charge in [-0.25, -0.2) is 9.97 Å². The maximum absolute atomic E-state index is 5.94. The lowest BCUT2D eigenvalue weighted by Crippen LogP contribution is -2.24. The molecule has 0 aliphatic rings. The number of rotatable bonds is 4. The minimum atomic E-state index is 0.536. The molecule has 0 unspecified atom stereocenters. The lowest BCUT2D eigenvalue weighted by molar-refractivity contribution is 0.793. The van der Waals surface area contributed by atoms with Crippen molar-refractivity contribution in [2.75, 3.05) is 17.2 Å². The SMILES string of the molecule is CCN(Cc1ccccc1N)c1ncc(Cl)cn1. The summed E-state index contributed by atoms with van der Waals surface area (Å²) in [5.41, 5.74) is 7.79. The molecule has 0 radical (unpaired) electrons. The van der Waals surface area contributed by atoms with Gasteiger partial charge in [0.2, 0.25) is 5.95 Å². The van der Waals surface area contributed by atoms with E-state index in [0.717, 1.165) is 17.8 Å². The predicted octanol–water partition coefficient (Wildman–Crippen LogP) is 2.74. The van der Waals surface area contributed by atoms with Crippen molar-refractivity contribution in [3.05, 3.63) is 47.2 Å². The van der Waals surface area contributed by atoms with Gasteiger partial charge in [-0.05, 0) is 18.6 Å². The second-order valence-electron chi connectivity index (χ2n) is 3.91. The number of anilines is 2. The Morgan fingerprint density at radius 2 is 1.89 bits per heavy atom. The van der Waals surface area contributed by atoms with E-state index in [9.17, 15) is 0 Å². The second kappa shape index (κ2) is 5.69. The third kappa shape index (κ3) is 2.90. The highest BCUT2D eigenvalue weighted by Crippen LogP contribution is 2.17. The molecule has 4 nitrogen and oxygen atoms in total. The molecular weight excluding hydrogens is 248 g/mol. The van der Waals surface area contributed by atoms with Gasteiger partial charge in [-0.3, -0.25) is 0 Å². The van der Waals surface area contributed by atoms with E-state index in [-0.39, 0.29) is 0 Å². The molecule has 18 heavy (non-hydrogen) atoms. The van der Waals surface area contributed by atoms with E-state index in [0.29, 0.717) is 17.5 Å². The average molecular weight is 263 g/mol. The van der Waals surface area contributed by atoms with Gasteiger partial charge < -0.3 is 10.6 Å². The van der Waals surface area contributed by atoms with E-state index in [2.05, 4.69) is 16.9 Å². The Morgan fingerprint density at radius 1 is 1.22 bits per heavy atom. The van der Waals surface area contributed by atoms with E-state index >= 15 is 0 Å². The smallest absolute Gasteiger partial charge is 0.225 e. The van der Waals surface area contributed by atoms with Gasteiger partial charge in [0.25, 0.3) is 0 Å². The topological polar surface area (TPSA) is 55.0 Å². The number of aromatic nitrogens is 2. The predicted molar refractivity (Wildman–Crippen MR) is 74.6 cm³/mol. The summed E-state index contributed by atoms with van der Waals surface area (Å²) >= 11 is 5.78. The number of nitrogen functional groups attached to an aromatic ring is 1. The van der Waals surface area contributed by atoms with Crippen LogP contribution in [0.25, 0.3) is 0 Å². The highest BCUT2D eigenvalue weighted by atomic mass is 35.5. The van der Waals surface area contributed by atoms with Crippen molar-refractivity contribution in [3.63, 3.8) is 0 Å². The molecule has 0 bridgehead atoms. The minimum Gasteiger partial charge on any atom is -0.398 e. The van der Waals surface area contributed by atoms with Crippen LogP contribution in [0.4, 0.5) is 11.6 Å². The van der Waals surface area contributed by atoms with Crippen LogP contribution in [0.1, 0.15) is 12.5 Å². The molecule has 2 rings (SSSR count). The summed E-state index contributed by atoms with van der Waals surface area (Å²) in [6, 6.07) is 7.80. The average Bonchev–Trinajstić information content (AvgIpc) is 2.39. The first-order valence-corrected chi connectivity index (χ1v) is 6.14. The molecule has 94 valence electrons. The van der Waals surface area contributed by atoms with Gasteiger partial charge >= 0.3 is 0 Å². The van der Waals surface area contributed by atoms with Crippen LogP contribution in [0.15, 0.2) is 36.7 Å². The summed E-state index contributed by atoms with van der Waals surface area (Å²) in [6.07, 6.45) is 3.20. The van der Waals surface area contributed by atoms with Crippen LogP contribution < -0.4 is 10.6 Å². The fourth-order valence-corrected chi connectivity index (χ4v) is 1.77. The summed E-state index contributed by atoms with van der Waals surface area (Å²) in [6.45, 7) is 3.54. The Balaban J connectivity index is 2.20. The number of hydrogen-bond donors (Lipinski definition) is 1. The van der Waals surface area contributed by atoms with Crippen LogP contribution in [-0.4, -0.2) is 16.5 Å². The van der Waals surface area contributed by atoms with Crippen molar-refractivity contribution in [3.8, 4) is 0 Å². The summed E-state index contributed by atoms with van der Waals surface area (Å²) < 4.78 is 0. The monoisotopic (exact) mass is 262 g/mol. The number of nitrogens with two attached hydrogens (primary N) is 1. The Bertz CT molecular complexity index is 513. The standard InChI is InChI=1S/C13H15ClN4/c1-2-18(13-16-7-11(14)8-17-13)9-10-5-3-4-6-12(10)15/h3-8H,2,9,15H2,1H3. The van der Waals surface area contributed by atoms with Crippen LogP contribution in [-0.2, 0) is 6.54 Å². The Kier molecular flexibility index (Phi) is 3.99. The van der Waals surface area contributed by atoms with Crippen molar-refractivity contribution in [1.29, 1.82) is 0 Å². The van der Waals surface area contributed by atoms with Crippen LogP contribution in [0.2, 0.25) is 5.02 Å². The summed E-state index contributed by atoms with van der Waals surface area (Å²) in [5, 5.41) is 0.536. The number of hydrogen-bond acceptors (Lipinski definition) is 4. The zero-order valence-corrected chi connectivity index (χ0v) is 10.9. The van der Waals surface area contributed by atoms with Crippen LogP contribution in [0, 0.1) is 0 Å². The number of nitrogens with zero attached hydrogens (tertiary/aromatic N) is 3. The second-order valence-corrected chi connectivity index (χ2v) is 4.35. The molecule has 2 N–H and O–H groups in total. The molecule has 5 heteroatoms. The highest BCUT2D eigenvalue weighted by molar-refractivity contribution is 6.30. The summed E-state index contributed by atoms with van der Waals surface area (Å²) in [7, 11) is 0. The fourth-order valence-electron chi connectivity index (χ4n) is 1.68. The first-order chi connectivity index (χ1) is 8.70.